The molecule has 0 N–H and O–H groups in total. The van der Waals surface area contributed by atoms with Crippen LogP contribution in [-0.4, -0.2) is 9.97 Å². The van der Waals surface area contributed by atoms with Gasteiger partial charge in [-0.15, -0.1) is 0 Å². The minimum absolute atomic E-state index is 0.926. The van der Waals surface area contributed by atoms with Crippen molar-refractivity contribution in [2.24, 2.45) is 0 Å². The summed E-state index contributed by atoms with van der Waals surface area (Å²) in [6.07, 6.45) is 3.96. The third kappa shape index (κ3) is 7.26. The largest absolute Gasteiger partial charge is 0.254 e. The van der Waals surface area contributed by atoms with Crippen LogP contribution < -0.4 is 0 Å². The molecule has 0 atom stereocenters. The highest BCUT2D eigenvalue weighted by Gasteiger charge is 2.35. The Balaban J connectivity index is 0.875. The third-order valence-corrected chi connectivity index (χ3v) is 20.1. The van der Waals surface area contributed by atoms with Gasteiger partial charge in [-0.25, -0.2) is 0 Å². The lowest BCUT2D eigenvalue weighted by atomic mass is 9.80. The van der Waals surface area contributed by atoms with Crippen molar-refractivity contribution in [3.63, 3.8) is 0 Å². The van der Waals surface area contributed by atoms with Crippen LogP contribution in [0.3, 0.4) is 0 Å². The smallest absolute Gasteiger partial charge is 0.0971 e. The van der Waals surface area contributed by atoms with Gasteiger partial charge in [0.25, 0.3) is 0 Å². The molecule has 2 heteroatoms. The minimum Gasteiger partial charge on any atom is -0.254 e. The summed E-state index contributed by atoms with van der Waals surface area (Å²) in [7, 11) is 0. The second-order valence-corrected chi connectivity index (χ2v) is 24.9. The molecule has 2 nitrogen and oxygen atoms in total. The lowest BCUT2D eigenvalue weighted by Crippen LogP contribution is -1.96. The Bertz CT molecular complexity index is 6180. The zero-order valence-corrected chi connectivity index (χ0v) is 49.9. The molecule has 0 radical (unpaired) electrons. The fourth-order valence-electron chi connectivity index (χ4n) is 16.4. The van der Waals surface area contributed by atoms with Gasteiger partial charge in [0.2, 0.25) is 0 Å². The molecule has 0 spiro atoms. The summed E-state index contributed by atoms with van der Waals surface area (Å²) < 4.78 is 0. The van der Waals surface area contributed by atoms with Crippen molar-refractivity contribution in [2.45, 2.75) is 0 Å². The van der Waals surface area contributed by atoms with Crippen LogP contribution >= 0.6 is 0 Å². The van der Waals surface area contributed by atoms with Crippen molar-refractivity contribution in [3.05, 3.63) is 316 Å². The summed E-state index contributed by atoms with van der Waals surface area (Å²) in [5.74, 6) is 0. The first-order valence-corrected chi connectivity index (χ1v) is 31.9. The summed E-state index contributed by atoms with van der Waals surface area (Å²) in [4.78, 5) is 10.1. The van der Waals surface area contributed by atoms with E-state index >= 15 is 0 Å². The molecule has 422 valence electrons. The van der Waals surface area contributed by atoms with E-state index in [-0.39, 0.29) is 0 Å². The van der Waals surface area contributed by atoms with E-state index in [1.54, 1.807) is 0 Å². The first kappa shape index (κ1) is 50.9. The zero-order chi connectivity index (χ0) is 60.1. The van der Waals surface area contributed by atoms with Crippen LogP contribution in [0.15, 0.2) is 316 Å². The Kier molecular flexibility index (Phi) is 10.9. The van der Waals surface area contributed by atoms with E-state index in [2.05, 4.69) is 303 Å². The summed E-state index contributed by atoms with van der Waals surface area (Å²) in [6, 6.07) is 113. The Morgan fingerprint density at radius 3 is 1.13 bits per heavy atom. The molecule has 16 aromatic carbocycles. The predicted molar refractivity (Wildman–Crippen MR) is 389 cm³/mol. The monoisotopic (exact) mass is 1160 g/mol. The van der Waals surface area contributed by atoms with E-state index in [1.807, 2.05) is 12.3 Å². The van der Waals surface area contributed by atoms with Gasteiger partial charge < -0.3 is 0 Å². The fraction of sp³-hybridized carbons (Fsp3) is 0. The van der Waals surface area contributed by atoms with Gasteiger partial charge in [0.1, 0.15) is 0 Å². The fourth-order valence-corrected chi connectivity index (χ4v) is 16.4. The van der Waals surface area contributed by atoms with E-state index in [4.69, 9.17) is 9.97 Å². The van der Waals surface area contributed by atoms with Crippen molar-refractivity contribution in [1.82, 2.24) is 9.97 Å². The maximum Gasteiger partial charge on any atom is 0.0971 e. The molecule has 2 heterocycles. The average molecular weight is 1160 g/mol. The van der Waals surface area contributed by atoms with Crippen LogP contribution in [0.1, 0.15) is 0 Å². The lowest BCUT2D eigenvalue weighted by Gasteiger charge is -2.23. The molecule has 18 aromatic rings. The van der Waals surface area contributed by atoms with Crippen molar-refractivity contribution < 1.29 is 0 Å². The highest BCUT2D eigenvalue weighted by molar-refractivity contribution is 6.36. The average Bonchev–Trinajstić information content (AvgIpc) is 1.51. The van der Waals surface area contributed by atoms with Gasteiger partial charge in [-0.2, -0.15) is 0 Å². The van der Waals surface area contributed by atoms with E-state index in [9.17, 15) is 0 Å². The van der Waals surface area contributed by atoms with E-state index < -0.39 is 0 Å². The minimum atomic E-state index is 0.926. The van der Waals surface area contributed by atoms with Crippen LogP contribution in [0.4, 0.5) is 0 Å². The summed E-state index contributed by atoms with van der Waals surface area (Å²) in [5.41, 5.74) is 28.9. The van der Waals surface area contributed by atoms with Crippen LogP contribution in [0.5, 0.6) is 0 Å². The van der Waals surface area contributed by atoms with Gasteiger partial charge in [-0.05, 0) is 213 Å². The summed E-state index contributed by atoms with van der Waals surface area (Å²) in [6.45, 7) is 0. The van der Waals surface area contributed by atoms with E-state index in [0.717, 1.165) is 27.2 Å². The molecular weight excluding hydrogens is 1110 g/mol. The Hall–Kier alpha value is -12.1. The van der Waals surface area contributed by atoms with Crippen molar-refractivity contribution in [2.75, 3.05) is 0 Å². The quantitative estimate of drug-likeness (QED) is 0.149. The van der Waals surface area contributed by atoms with Crippen LogP contribution in [0, 0.1) is 0 Å². The number of nitrogens with zero attached hydrogens (tertiary/aromatic N) is 2. The molecule has 2 aliphatic rings. The van der Waals surface area contributed by atoms with Crippen molar-refractivity contribution >= 4 is 86.4 Å². The van der Waals surface area contributed by atoms with Gasteiger partial charge in [0.05, 0.1) is 11.0 Å². The number of benzene rings is 16. The predicted octanol–water partition coefficient (Wildman–Crippen LogP) is 24.7. The molecule has 20 rings (SSSR count). The number of pyridine rings is 2. The molecule has 0 aliphatic heterocycles. The van der Waals surface area contributed by atoms with Crippen molar-refractivity contribution in [1.29, 1.82) is 0 Å². The molecular formula is C90H52N2. The molecule has 0 amide bonds. The van der Waals surface area contributed by atoms with Gasteiger partial charge in [-0.1, -0.05) is 267 Å². The molecule has 0 bridgehead atoms. The number of rotatable bonds is 7. The highest BCUT2D eigenvalue weighted by Crippen LogP contribution is 2.62. The number of hydrogen-bond donors (Lipinski definition) is 0. The van der Waals surface area contributed by atoms with Gasteiger partial charge in [-0.3, -0.25) is 9.97 Å². The first-order valence-electron chi connectivity index (χ1n) is 31.9. The normalized spacial score (nSPS) is 12.1. The molecule has 0 fully saturated rings. The molecule has 2 aromatic heterocycles. The summed E-state index contributed by atoms with van der Waals surface area (Å²) >= 11 is 0. The molecule has 0 saturated heterocycles. The standard InChI is InChI=1S/C90H52N2/c1-7-23-53(24-8-1)70-50-73-74(51-71(70)54-25-9-2-10-26-54)82(58-33-17-6-18-34-58)87-75-48-61-35-19-37-63(77(61)65-38-20-41-68(83(65)75)86(87)81(73)57-31-15-5-16-32-57)60-43-44-64-72(47-60)80(56-29-13-4-14-30-56)88-76-49-62-52-92-90-69(45-42-59-36-22-46-91-89(59)90)78(62)66-39-21-40-67(84(66)76)85(88)79(64)55-27-11-3-12-28-55/h1-52H. The summed E-state index contributed by atoms with van der Waals surface area (Å²) in [5, 5.41) is 16.9. The number of hydrogen-bond acceptors (Lipinski definition) is 2. The molecule has 2 aliphatic carbocycles. The maximum atomic E-state index is 5.22. The number of aromatic nitrogens is 2. The van der Waals surface area contributed by atoms with E-state index in [0.29, 0.717) is 0 Å². The second-order valence-electron chi connectivity index (χ2n) is 24.9. The lowest BCUT2D eigenvalue weighted by molar-refractivity contribution is 1.39. The Labute approximate surface area is 531 Å². The van der Waals surface area contributed by atoms with E-state index in [1.165, 1.54) is 182 Å². The van der Waals surface area contributed by atoms with Gasteiger partial charge >= 0.3 is 0 Å². The highest BCUT2D eigenvalue weighted by atomic mass is 14.7. The first-order chi connectivity index (χ1) is 45.7. The molecule has 92 heavy (non-hydrogen) atoms. The third-order valence-electron chi connectivity index (χ3n) is 20.1. The maximum absolute atomic E-state index is 5.22. The second kappa shape index (κ2) is 19.7. The number of fused-ring (bicyclic) bond motifs is 16. The van der Waals surface area contributed by atoms with Gasteiger partial charge in [0, 0.05) is 33.9 Å². The van der Waals surface area contributed by atoms with Crippen LogP contribution in [0.25, 0.3) is 209 Å². The topological polar surface area (TPSA) is 25.8 Å². The molecule has 0 unspecified atom stereocenters. The SMILES string of the molecule is c1ccc(-c2cc3c(-c4ccccc4)c4c(c(-c5ccccc5)c3cc2-c2ccccc2)-c2cc3cccc(-c5ccc6c(-c7ccccc7)c7c(c(-c8ccccc8)c6c5)-c5cc6cnc8c(ccc9cccnc98)c6c6cccc-7c56)c3c3cccc-4c23)cc1. The Morgan fingerprint density at radius 2 is 0.598 bits per heavy atom. The van der Waals surface area contributed by atoms with Crippen LogP contribution in [0.2, 0.25) is 0 Å². The Morgan fingerprint density at radius 1 is 0.174 bits per heavy atom. The van der Waals surface area contributed by atoms with Gasteiger partial charge in [0.15, 0.2) is 0 Å². The molecule has 0 saturated carbocycles. The zero-order valence-electron chi connectivity index (χ0n) is 49.9. The van der Waals surface area contributed by atoms with Crippen LogP contribution in [-0.2, 0) is 0 Å². The van der Waals surface area contributed by atoms with Crippen molar-refractivity contribution in [3.8, 4) is 122 Å².